The van der Waals surface area contributed by atoms with Gasteiger partial charge >= 0.3 is 0 Å². The standard InChI is InChI=1S/C14H28N2O/c1-12(2)13(10-17-5)16-9-7-6-8-14(3,4)11-15/h12-13,16H,6-10H2,1-5H3. The van der Waals surface area contributed by atoms with Gasteiger partial charge in [0.25, 0.3) is 0 Å². The summed E-state index contributed by atoms with van der Waals surface area (Å²) in [6.45, 7) is 10.2. The SMILES string of the molecule is COCC(NCCCCC(C)(C)C#N)C(C)C. The maximum absolute atomic E-state index is 8.90. The molecule has 0 heterocycles. The molecule has 0 fully saturated rings. The summed E-state index contributed by atoms with van der Waals surface area (Å²) in [5.74, 6) is 0.588. The van der Waals surface area contributed by atoms with Crippen LogP contribution in [0.5, 0.6) is 0 Å². The first-order valence-electron chi connectivity index (χ1n) is 6.56. The van der Waals surface area contributed by atoms with Gasteiger partial charge in [0.2, 0.25) is 0 Å². The van der Waals surface area contributed by atoms with E-state index in [0.717, 1.165) is 32.4 Å². The highest BCUT2D eigenvalue weighted by Crippen LogP contribution is 2.21. The Labute approximate surface area is 107 Å². The fraction of sp³-hybridized carbons (Fsp3) is 0.929. The maximum atomic E-state index is 8.90. The molecular formula is C14H28N2O. The number of hydrogen-bond donors (Lipinski definition) is 1. The number of unbranched alkanes of at least 4 members (excludes halogenated alkanes) is 1. The van der Waals surface area contributed by atoms with Crippen LogP contribution < -0.4 is 5.32 Å². The van der Waals surface area contributed by atoms with Crippen LogP contribution in [0, 0.1) is 22.7 Å². The van der Waals surface area contributed by atoms with Gasteiger partial charge in [-0.2, -0.15) is 5.26 Å². The minimum absolute atomic E-state index is 0.177. The Kier molecular flexibility index (Phi) is 8.20. The molecule has 0 spiro atoms. The summed E-state index contributed by atoms with van der Waals surface area (Å²) in [5.41, 5.74) is -0.177. The van der Waals surface area contributed by atoms with E-state index in [1.807, 2.05) is 13.8 Å². The van der Waals surface area contributed by atoms with Crippen LogP contribution in [0.3, 0.4) is 0 Å². The highest BCUT2D eigenvalue weighted by atomic mass is 16.5. The molecule has 0 saturated heterocycles. The van der Waals surface area contributed by atoms with Crippen molar-refractivity contribution < 1.29 is 4.74 Å². The first kappa shape index (κ1) is 16.4. The number of rotatable bonds is 9. The van der Waals surface area contributed by atoms with Crippen molar-refractivity contribution in [2.75, 3.05) is 20.3 Å². The van der Waals surface area contributed by atoms with Crippen LogP contribution in [0.4, 0.5) is 0 Å². The summed E-state index contributed by atoms with van der Waals surface area (Å²) < 4.78 is 5.19. The minimum atomic E-state index is -0.177. The number of hydrogen-bond acceptors (Lipinski definition) is 3. The molecule has 0 radical (unpaired) electrons. The molecule has 0 aromatic carbocycles. The fourth-order valence-electron chi connectivity index (χ4n) is 1.70. The van der Waals surface area contributed by atoms with Gasteiger partial charge in [-0.05, 0) is 39.2 Å². The molecule has 1 N–H and O–H groups in total. The quantitative estimate of drug-likeness (QED) is 0.630. The Morgan fingerprint density at radius 2 is 1.94 bits per heavy atom. The van der Waals surface area contributed by atoms with Crippen molar-refractivity contribution in [3.8, 4) is 6.07 Å². The zero-order valence-corrected chi connectivity index (χ0v) is 12.0. The van der Waals surface area contributed by atoms with Gasteiger partial charge in [-0.15, -0.1) is 0 Å². The molecule has 0 aromatic heterocycles. The number of methoxy groups -OCH3 is 1. The average molecular weight is 240 g/mol. The van der Waals surface area contributed by atoms with E-state index in [2.05, 4.69) is 25.2 Å². The predicted octanol–water partition coefficient (Wildman–Crippen LogP) is 2.97. The summed E-state index contributed by atoms with van der Waals surface area (Å²) in [6.07, 6.45) is 3.20. The zero-order chi connectivity index (χ0) is 13.3. The van der Waals surface area contributed by atoms with Crippen LogP contribution in [0.1, 0.15) is 47.0 Å². The summed E-state index contributed by atoms with van der Waals surface area (Å²) in [5, 5.41) is 12.4. The lowest BCUT2D eigenvalue weighted by atomic mass is 9.89. The molecule has 0 bridgehead atoms. The van der Waals surface area contributed by atoms with Gasteiger partial charge in [0.05, 0.1) is 18.1 Å². The lowest BCUT2D eigenvalue weighted by Gasteiger charge is -2.22. The maximum Gasteiger partial charge on any atom is 0.0683 e. The number of nitrogens with zero attached hydrogens (tertiary/aromatic N) is 1. The van der Waals surface area contributed by atoms with Crippen LogP contribution >= 0.6 is 0 Å². The van der Waals surface area contributed by atoms with Crippen LogP contribution in [0.15, 0.2) is 0 Å². The predicted molar refractivity (Wildman–Crippen MR) is 71.7 cm³/mol. The van der Waals surface area contributed by atoms with E-state index in [0.29, 0.717) is 12.0 Å². The van der Waals surface area contributed by atoms with Crippen molar-refractivity contribution in [3.05, 3.63) is 0 Å². The van der Waals surface area contributed by atoms with E-state index in [1.54, 1.807) is 7.11 Å². The van der Waals surface area contributed by atoms with Gasteiger partial charge < -0.3 is 10.1 Å². The second-order valence-corrected chi connectivity index (χ2v) is 5.71. The van der Waals surface area contributed by atoms with Crippen LogP contribution in [0.25, 0.3) is 0 Å². The van der Waals surface area contributed by atoms with E-state index in [9.17, 15) is 0 Å². The molecule has 1 atom stereocenters. The fourth-order valence-corrected chi connectivity index (χ4v) is 1.70. The van der Waals surface area contributed by atoms with Crippen molar-refractivity contribution in [3.63, 3.8) is 0 Å². The Morgan fingerprint density at radius 3 is 2.41 bits per heavy atom. The third-order valence-corrected chi connectivity index (χ3v) is 3.09. The summed E-state index contributed by atoms with van der Waals surface area (Å²) in [7, 11) is 1.74. The largest absolute Gasteiger partial charge is 0.383 e. The van der Waals surface area contributed by atoms with Crippen LogP contribution in [-0.2, 0) is 4.74 Å². The molecule has 0 rings (SSSR count). The Hall–Kier alpha value is -0.590. The van der Waals surface area contributed by atoms with Crippen molar-refractivity contribution >= 4 is 0 Å². The Morgan fingerprint density at radius 1 is 1.29 bits per heavy atom. The van der Waals surface area contributed by atoms with E-state index in [-0.39, 0.29) is 5.41 Å². The van der Waals surface area contributed by atoms with Crippen molar-refractivity contribution in [1.82, 2.24) is 5.32 Å². The molecular weight excluding hydrogens is 212 g/mol. The molecule has 0 amide bonds. The molecule has 17 heavy (non-hydrogen) atoms. The smallest absolute Gasteiger partial charge is 0.0683 e. The van der Waals surface area contributed by atoms with E-state index in [4.69, 9.17) is 10.00 Å². The molecule has 0 aromatic rings. The lowest BCUT2D eigenvalue weighted by molar-refractivity contribution is 0.147. The van der Waals surface area contributed by atoms with Gasteiger partial charge in [0, 0.05) is 13.2 Å². The molecule has 0 aliphatic rings. The highest BCUT2D eigenvalue weighted by molar-refractivity contribution is 4.91. The number of nitrogens with one attached hydrogen (secondary N) is 1. The van der Waals surface area contributed by atoms with Gasteiger partial charge in [-0.3, -0.25) is 0 Å². The Bertz CT molecular complexity index is 231. The molecule has 0 aliphatic heterocycles. The summed E-state index contributed by atoms with van der Waals surface area (Å²) in [6, 6.07) is 2.77. The zero-order valence-electron chi connectivity index (χ0n) is 12.0. The van der Waals surface area contributed by atoms with E-state index >= 15 is 0 Å². The van der Waals surface area contributed by atoms with E-state index < -0.39 is 0 Å². The van der Waals surface area contributed by atoms with Crippen molar-refractivity contribution in [2.45, 2.75) is 53.0 Å². The topological polar surface area (TPSA) is 45.0 Å². The first-order chi connectivity index (χ1) is 7.93. The van der Waals surface area contributed by atoms with Gasteiger partial charge in [0.15, 0.2) is 0 Å². The van der Waals surface area contributed by atoms with E-state index in [1.165, 1.54) is 0 Å². The normalized spacial score (nSPS) is 13.7. The monoisotopic (exact) mass is 240 g/mol. The lowest BCUT2D eigenvalue weighted by Crippen LogP contribution is -2.38. The summed E-state index contributed by atoms with van der Waals surface area (Å²) >= 11 is 0. The highest BCUT2D eigenvalue weighted by Gasteiger charge is 2.16. The molecule has 100 valence electrons. The summed E-state index contributed by atoms with van der Waals surface area (Å²) in [4.78, 5) is 0. The molecule has 0 saturated carbocycles. The second-order valence-electron chi connectivity index (χ2n) is 5.71. The Balaban J connectivity index is 3.66. The number of ether oxygens (including phenoxy) is 1. The van der Waals surface area contributed by atoms with Crippen molar-refractivity contribution in [2.24, 2.45) is 11.3 Å². The third kappa shape index (κ3) is 8.18. The van der Waals surface area contributed by atoms with Gasteiger partial charge in [-0.25, -0.2) is 0 Å². The first-order valence-corrected chi connectivity index (χ1v) is 6.56. The molecule has 1 unspecified atom stereocenters. The second kappa shape index (κ2) is 8.49. The van der Waals surface area contributed by atoms with Crippen LogP contribution in [0.2, 0.25) is 0 Å². The van der Waals surface area contributed by atoms with Gasteiger partial charge in [0.1, 0.15) is 0 Å². The van der Waals surface area contributed by atoms with Crippen LogP contribution in [-0.4, -0.2) is 26.3 Å². The van der Waals surface area contributed by atoms with Crippen molar-refractivity contribution in [1.29, 1.82) is 5.26 Å². The third-order valence-electron chi connectivity index (χ3n) is 3.09. The molecule has 3 nitrogen and oxygen atoms in total. The molecule has 3 heteroatoms. The number of nitriles is 1. The molecule has 0 aliphatic carbocycles. The average Bonchev–Trinajstić information content (AvgIpc) is 2.27. The van der Waals surface area contributed by atoms with Gasteiger partial charge in [-0.1, -0.05) is 20.3 Å². The minimum Gasteiger partial charge on any atom is -0.383 e.